The van der Waals surface area contributed by atoms with E-state index < -0.39 is 0 Å². The van der Waals surface area contributed by atoms with Gasteiger partial charge in [0, 0.05) is 0 Å². The number of hydrogen-bond donors (Lipinski definition) is 0. The standard InChI is InChI=1S/C16H24O2/c1-5-6-7-15(16(17)18-4)14-10-8-13(9-11-14)12(2)3/h8-12,15H,5-7H2,1-4H3. The second-order valence-electron chi connectivity index (χ2n) is 5.04. The largest absolute Gasteiger partial charge is 0.469 e. The van der Waals surface area contributed by atoms with E-state index in [9.17, 15) is 4.79 Å². The van der Waals surface area contributed by atoms with E-state index in [0.29, 0.717) is 5.92 Å². The molecule has 0 aromatic heterocycles. The summed E-state index contributed by atoms with van der Waals surface area (Å²) < 4.78 is 4.90. The van der Waals surface area contributed by atoms with Crippen LogP contribution in [0.5, 0.6) is 0 Å². The Morgan fingerprint density at radius 3 is 2.17 bits per heavy atom. The first-order valence-electron chi connectivity index (χ1n) is 6.77. The lowest BCUT2D eigenvalue weighted by atomic mass is 9.91. The summed E-state index contributed by atoms with van der Waals surface area (Å²) in [5.41, 5.74) is 2.37. The molecule has 1 unspecified atom stereocenters. The van der Waals surface area contributed by atoms with Crippen LogP contribution in [0.3, 0.4) is 0 Å². The molecule has 2 nitrogen and oxygen atoms in total. The van der Waals surface area contributed by atoms with Crippen molar-refractivity contribution in [3.63, 3.8) is 0 Å². The van der Waals surface area contributed by atoms with Crippen molar-refractivity contribution >= 4 is 5.97 Å². The molecule has 100 valence electrons. The molecular formula is C16H24O2. The number of hydrogen-bond acceptors (Lipinski definition) is 2. The van der Waals surface area contributed by atoms with Gasteiger partial charge in [0.2, 0.25) is 0 Å². The molecule has 0 heterocycles. The van der Waals surface area contributed by atoms with Crippen LogP contribution in [0, 0.1) is 0 Å². The van der Waals surface area contributed by atoms with E-state index >= 15 is 0 Å². The molecule has 0 radical (unpaired) electrons. The Balaban J connectivity index is 2.87. The van der Waals surface area contributed by atoms with Crippen LogP contribution in [0.4, 0.5) is 0 Å². The van der Waals surface area contributed by atoms with Gasteiger partial charge in [-0.15, -0.1) is 0 Å². The van der Waals surface area contributed by atoms with Crippen LogP contribution < -0.4 is 0 Å². The lowest BCUT2D eigenvalue weighted by molar-refractivity contribution is -0.142. The van der Waals surface area contributed by atoms with E-state index in [1.54, 1.807) is 0 Å². The number of methoxy groups -OCH3 is 1. The second kappa shape index (κ2) is 7.20. The summed E-state index contributed by atoms with van der Waals surface area (Å²) in [7, 11) is 1.46. The maximum atomic E-state index is 11.8. The van der Waals surface area contributed by atoms with Crippen LogP contribution in [0.25, 0.3) is 0 Å². The molecule has 0 spiro atoms. The Hall–Kier alpha value is -1.31. The fourth-order valence-corrected chi connectivity index (χ4v) is 2.08. The molecule has 0 bridgehead atoms. The number of unbranched alkanes of at least 4 members (excludes halogenated alkanes) is 1. The van der Waals surface area contributed by atoms with Gasteiger partial charge in [-0.05, 0) is 23.5 Å². The van der Waals surface area contributed by atoms with E-state index in [0.717, 1.165) is 24.8 Å². The third-order valence-corrected chi connectivity index (χ3v) is 3.34. The smallest absolute Gasteiger partial charge is 0.313 e. The summed E-state index contributed by atoms with van der Waals surface area (Å²) in [4.78, 5) is 11.8. The molecule has 1 aromatic rings. The van der Waals surface area contributed by atoms with Crippen molar-refractivity contribution < 1.29 is 9.53 Å². The lowest BCUT2D eigenvalue weighted by Crippen LogP contribution is -2.14. The Morgan fingerprint density at radius 1 is 1.17 bits per heavy atom. The summed E-state index contributed by atoms with van der Waals surface area (Å²) in [6, 6.07) is 8.35. The van der Waals surface area contributed by atoms with E-state index in [-0.39, 0.29) is 11.9 Å². The number of rotatable bonds is 6. The normalized spacial score (nSPS) is 12.5. The molecule has 0 N–H and O–H groups in total. The zero-order valence-corrected chi connectivity index (χ0v) is 11.9. The van der Waals surface area contributed by atoms with Crippen molar-refractivity contribution in [1.29, 1.82) is 0 Å². The van der Waals surface area contributed by atoms with Crippen molar-refractivity contribution in [1.82, 2.24) is 0 Å². The van der Waals surface area contributed by atoms with Crippen LogP contribution >= 0.6 is 0 Å². The number of esters is 1. The molecule has 0 aliphatic heterocycles. The third-order valence-electron chi connectivity index (χ3n) is 3.34. The van der Waals surface area contributed by atoms with E-state index in [1.807, 2.05) is 0 Å². The average molecular weight is 248 g/mol. The highest BCUT2D eigenvalue weighted by molar-refractivity contribution is 5.78. The second-order valence-corrected chi connectivity index (χ2v) is 5.04. The number of ether oxygens (including phenoxy) is 1. The van der Waals surface area contributed by atoms with Crippen molar-refractivity contribution in [2.24, 2.45) is 0 Å². The molecule has 1 rings (SSSR count). The van der Waals surface area contributed by atoms with Gasteiger partial charge in [0.1, 0.15) is 0 Å². The Bertz CT molecular complexity index is 365. The Morgan fingerprint density at radius 2 is 1.72 bits per heavy atom. The van der Waals surface area contributed by atoms with Gasteiger partial charge in [0.25, 0.3) is 0 Å². The molecule has 0 aliphatic carbocycles. The topological polar surface area (TPSA) is 26.3 Å². The molecule has 0 aliphatic rings. The minimum atomic E-state index is -0.124. The van der Waals surface area contributed by atoms with Gasteiger partial charge in [0.15, 0.2) is 0 Å². The van der Waals surface area contributed by atoms with Crippen molar-refractivity contribution in [3.05, 3.63) is 35.4 Å². The maximum absolute atomic E-state index is 11.8. The first-order valence-corrected chi connectivity index (χ1v) is 6.77. The molecule has 1 atom stereocenters. The maximum Gasteiger partial charge on any atom is 0.313 e. The van der Waals surface area contributed by atoms with Gasteiger partial charge < -0.3 is 4.74 Å². The zero-order chi connectivity index (χ0) is 13.5. The highest BCUT2D eigenvalue weighted by Gasteiger charge is 2.20. The van der Waals surface area contributed by atoms with Crippen LogP contribution in [0.15, 0.2) is 24.3 Å². The number of carbonyl (C=O) groups excluding carboxylic acids is 1. The molecule has 2 heteroatoms. The Labute approximate surface area is 110 Å². The summed E-state index contributed by atoms with van der Waals surface area (Å²) in [6.45, 7) is 6.48. The Kier molecular flexibility index (Phi) is 5.90. The molecule has 18 heavy (non-hydrogen) atoms. The van der Waals surface area contributed by atoms with Crippen LogP contribution in [-0.4, -0.2) is 13.1 Å². The van der Waals surface area contributed by atoms with E-state index in [1.165, 1.54) is 12.7 Å². The summed E-state index contributed by atoms with van der Waals surface area (Å²) in [5, 5.41) is 0. The third kappa shape index (κ3) is 3.86. The van der Waals surface area contributed by atoms with Gasteiger partial charge in [-0.2, -0.15) is 0 Å². The minimum Gasteiger partial charge on any atom is -0.469 e. The summed E-state index contributed by atoms with van der Waals surface area (Å²) >= 11 is 0. The van der Waals surface area contributed by atoms with E-state index in [2.05, 4.69) is 45.0 Å². The van der Waals surface area contributed by atoms with E-state index in [4.69, 9.17) is 4.74 Å². The van der Waals surface area contributed by atoms with Crippen LogP contribution in [-0.2, 0) is 9.53 Å². The van der Waals surface area contributed by atoms with Gasteiger partial charge in [0.05, 0.1) is 13.0 Å². The fourth-order valence-electron chi connectivity index (χ4n) is 2.08. The molecule has 0 saturated heterocycles. The van der Waals surface area contributed by atoms with Crippen molar-refractivity contribution in [2.75, 3.05) is 7.11 Å². The molecular weight excluding hydrogens is 224 g/mol. The quantitative estimate of drug-likeness (QED) is 0.703. The first kappa shape index (κ1) is 14.7. The zero-order valence-electron chi connectivity index (χ0n) is 11.9. The molecule has 0 fully saturated rings. The monoisotopic (exact) mass is 248 g/mol. The van der Waals surface area contributed by atoms with Gasteiger partial charge >= 0.3 is 5.97 Å². The summed E-state index contributed by atoms with van der Waals surface area (Å²) in [5.74, 6) is 0.281. The highest BCUT2D eigenvalue weighted by Crippen LogP contribution is 2.25. The highest BCUT2D eigenvalue weighted by atomic mass is 16.5. The first-order chi connectivity index (χ1) is 8.60. The molecule has 0 saturated carbocycles. The molecule has 1 aromatic carbocycles. The molecule has 0 amide bonds. The lowest BCUT2D eigenvalue weighted by Gasteiger charge is -2.15. The summed E-state index contributed by atoms with van der Waals surface area (Å²) in [6.07, 6.45) is 3.01. The number of benzene rings is 1. The predicted molar refractivity (Wildman–Crippen MR) is 74.8 cm³/mol. The van der Waals surface area contributed by atoms with Crippen LogP contribution in [0.1, 0.15) is 63.0 Å². The average Bonchev–Trinajstić information content (AvgIpc) is 2.39. The van der Waals surface area contributed by atoms with Crippen molar-refractivity contribution in [2.45, 2.75) is 51.9 Å². The SMILES string of the molecule is CCCCC(C(=O)OC)c1ccc(C(C)C)cc1. The van der Waals surface area contributed by atoms with Gasteiger partial charge in [-0.3, -0.25) is 4.79 Å². The predicted octanol–water partition coefficient (Wildman–Crippen LogP) is 4.26. The fraction of sp³-hybridized carbons (Fsp3) is 0.562. The minimum absolute atomic E-state index is 0.115. The van der Waals surface area contributed by atoms with Crippen molar-refractivity contribution in [3.8, 4) is 0 Å². The van der Waals surface area contributed by atoms with Crippen LogP contribution in [0.2, 0.25) is 0 Å². The van der Waals surface area contributed by atoms with Gasteiger partial charge in [-0.25, -0.2) is 0 Å². The number of carbonyl (C=O) groups is 1. The van der Waals surface area contributed by atoms with Gasteiger partial charge in [-0.1, -0.05) is 57.9 Å².